The van der Waals surface area contributed by atoms with Gasteiger partial charge in [0.05, 0.1) is 7.11 Å². The quantitative estimate of drug-likeness (QED) is 0.841. The van der Waals surface area contributed by atoms with E-state index in [0.717, 1.165) is 37.0 Å². The number of nitrogens with one attached hydrogen (secondary N) is 1. The fourth-order valence-electron chi connectivity index (χ4n) is 3.43. The van der Waals surface area contributed by atoms with Gasteiger partial charge < -0.3 is 20.1 Å². The highest BCUT2D eigenvalue weighted by molar-refractivity contribution is 5.74. The second kappa shape index (κ2) is 8.92. The lowest BCUT2D eigenvalue weighted by atomic mass is 9.86. The summed E-state index contributed by atoms with van der Waals surface area (Å²) in [5.41, 5.74) is 1.10. The number of carbonyl (C=O) groups excluding carboxylic acids is 1. The van der Waals surface area contributed by atoms with E-state index >= 15 is 0 Å². The minimum atomic E-state index is -0.0239. The van der Waals surface area contributed by atoms with Crippen LogP contribution in [0.5, 0.6) is 5.75 Å². The van der Waals surface area contributed by atoms with Gasteiger partial charge in [-0.25, -0.2) is 4.79 Å². The van der Waals surface area contributed by atoms with Crippen molar-refractivity contribution in [3.63, 3.8) is 0 Å². The van der Waals surface area contributed by atoms with Crippen molar-refractivity contribution in [1.82, 2.24) is 10.2 Å². The molecule has 1 saturated carbocycles. The van der Waals surface area contributed by atoms with Gasteiger partial charge in [0.1, 0.15) is 5.75 Å². The van der Waals surface area contributed by atoms with Crippen molar-refractivity contribution in [2.75, 3.05) is 27.3 Å². The highest BCUT2D eigenvalue weighted by Crippen LogP contribution is 2.27. The number of benzene rings is 1. The fraction of sp³-hybridized carbons (Fsp3) is 0.632. The molecule has 1 atom stereocenters. The number of carbonyl (C=O) groups is 1. The number of amides is 2. The zero-order valence-corrected chi connectivity index (χ0v) is 15.0. The summed E-state index contributed by atoms with van der Waals surface area (Å²) in [5, 5.41) is 12.3. The normalized spacial score (nSPS) is 21.8. The van der Waals surface area contributed by atoms with Crippen molar-refractivity contribution < 1.29 is 14.6 Å². The molecule has 1 aromatic rings. The number of urea groups is 1. The molecule has 2 N–H and O–H groups in total. The van der Waals surface area contributed by atoms with Gasteiger partial charge in [-0.05, 0) is 43.2 Å². The Bertz CT molecular complexity index is 527. The zero-order chi connectivity index (χ0) is 17.5. The predicted octanol–water partition coefficient (Wildman–Crippen LogP) is 2.99. The first-order valence-electron chi connectivity index (χ1n) is 8.81. The summed E-state index contributed by atoms with van der Waals surface area (Å²) in [6.07, 6.45) is 3.93. The maximum atomic E-state index is 12.4. The van der Waals surface area contributed by atoms with Crippen LogP contribution in [0.2, 0.25) is 0 Å². The van der Waals surface area contributed by atoms with Gasteiger partial charge in [0, 0.05) is 32.2 Å². The van der Waals surface area contributed by atoms with Crippen LogP contribution in [-0.2, 0) is 0 Å². The van der Waals surface area contributed by atoms with Crippen LogP contribution in [0.1, 0.15) is 44.1 Å². The first-order valence-corrected chi connectivity index (χ1v) is 8.81. The number of aliphatic hydroxyl groups is 1. The molecule has 1 unspecified atom stereocenters. The van der Waals surface area contributed by atoms with Crippen molar-refractivity contribution in [3.8, 4) is 5.75 Å². The lowest BCUT2D eigenvalue weighted by molar-refractivity contribution is 0.134. The Morgan fingerprint density at radius 1 is 1.33 bits per heavy atom. The third-order valence-electron chi connectivity index (χ3n) is 5.17. The maximum absolute atomic E-state index is 12.4. The van der Waals surface area contributed by atoms with Crippen LogP contribution in [0.3, 0.4) is 0 Å². The number of para-hydroxylation sites is 1. The molecule has 0 aromatic heterocycles. The monoisotopic (exact) mass is 334 g/mol. The molecule has 134 valence electrons. The number of ether oxygens (including phenoxy) is 1. The van der Waals surface area contributed by atoms with Gasteiger partial charge >= 0.3 is 6.03 Å². The average Bonchev–Trinajstić information content (AvgIpc) is 2.65. The van der Waals surface area contributed by atoms with Crippen molar-refractivity contribution in [2.45, 2.75) is 44.6 Å². The van der Waals surface area contributed by atoms with Crippen LogP contribution >= 0.6 is 0 Å². The molecule has 0 aliphatic heterocycles. The molecule has 0 radical (unpaired) electrons. The molecular weight excluding hydrogens is 304 g/mol. The van der Waals surface area contributed by atoms with E-state index in [1.165, 1.54) is 0 Å². The second-order valence-electron chi connectivity index (χ2n) is 6.80. The second-order valence-corrected chi connectivity index (χ2v) is 6.80. The lowest BCUT2D eigenvalue weighted by Crippen LogP contribution is -2.46. The third kappa shape index (κ3) is 4.63. The summed E-state index contributed by atoms with van der Waals surface area (Å²) in [5.74, 6) is 1.45. The van der Waals surface area contributed by atoms with Gasteiger partial charge in [-0.2, -0.15) is 0 Å². The molecule has 1 aliphatic carbocycles. The molecule has 24 heavy (non-hydrogen) atoms. The highest BCUT2D eigenvalue weighted by Gasteiger charge is 2.26. The molecule has 0 saturated heterocycles. The summed E-state index contributed by atoms with van der Waals surface area (Å²) >= 11 is 0. The van der Waals surface area contributed by atoms with Crippen molar-refractivity contribution in [2.24, 2.45) is 5.92 Å². The SMILES string of the molecule is COc1ccccc1C(C)CNC(=O)N(C)C1CCC(CO)CC1. The molecule has 1 fully saturated rings. The van der Waals surface area contributed by atoms with Crippen LogP contribution in [0.15, 0.2) is 24.3 Å². The van der Waals surface area contributed by atoms with Crippen LogP contribution in [-0.4, -0.2) is 49.4 Å². The molecule has 0 bridgehead atoms. The molecule has 5 heteroatoms. The van der Waals surface area contributed by atoms with Gasteiger partial charge in [-0.15, -0.1) is 0 Å². The molecule has 0 spiro atoms. The number of hydrogen-bond acceptors (Lipinski definition) is 3. The summed E-state index contributed by atoms with van der Waals surface area (Å²) in [6.45, 7) is 2.93. The van der Waals surface area contributed by atoms with Crippen LogP contribution < -0.4 is 10.1 Å². The van der Waals surface area contributed by atoms with Crippen LogP contribution in [0.4, 0.5) is 4.79 Å². The number of rotatable bonds is 6. The van der Waals surface area contributed by atoms with E-state index in [1.54, 1.807) is 7.11 Å². The number of aliphatic hydroxyl groups excluding tert-OH is 1. The number of methoxy groups -OCH3 is 1. The summed E-state index contributed by atoms with van der Waals surface area (Å²) in [6, 6.07) is 8.17. The third-order valence-corrected chi connectivity index (χ3v) is 5.17. The largest absolute Gasteiger partial charge is 0.496 e. The van der Waals surface area contributed by atoms with E-state index in [1.807, 2.05) is 36.2 Å². The maximum Gasteiger partial charge on any atom is 0.317 e. The van der Waals surface area contributed by atoms with E-state index in [2.05, 4.69) is 12.2 Å². The van der Waals surface area contributed by atoms with E-state index in [4.69, 9.17) is 4.74 Å². The molecule has 5 nitrogen and oxygen atoms in total. The van der Waals surface area contributed by atoms with E-state index in [0.29, 0.717) is 12.5 Å². The highest BCUT2D eigenvalue weighted by atomic mass is 16.5. The number of hydrogen-bond donors (Lipinski definition) is 2. The molecule has 2 amide bonds. The Morgan fingerprint density at radius 3 is 2.62 bits per heavy atom. The molecule has 2 rings (SSSR count). The standard InChI is InChI=1S/C19H30N2O3/c1-14(17-6-4-5-7-18(17)24-3)12-20-19(23)21(2)16-10-8-15(13-22)9-11-16/h4-7,14-16,22H,8-13H2,1-3H3,(H,20,23). The summed E-state index contributed by atoms with van der Waals surface area (Å²) in [4.78, 5) is 14.2. The zero-order valence-electron chi connectivity index (χ0n) is 15.0. The molecule has 0 heterocycles. The Balaban J connectivity index is 1.84. The summed E-state index contributed by atoms with van der Waals surface area (Å²) in [7, 11) is 3.54. The molecule has 1 aromatic carbocycles. The topological polar surface area (TPSA) is 61.8 Å². The van der Waals surface area contributed by atoms with Gasteiger partial charge in [-0.3, -0.25) is 0 Å². The van der Waals surface area contributed by atoms with Gasteiger partial charge in [0.2, 0.25) is 0 Å². The first kappa shape index (κ1) is 18.6. The van der Waals surface area contributed by atoms with Crippen molar-refractivity contribution >= 4 is 6.03 Å². The van der Waals surface area contributed by atoms with Crippen LogP contribution in [0.25, 0.3) is 0 Å². The van der Waals surface area contributed by atoms with Gasteiger partial charge in [-0.1, -0.05) is 25.1 Å². The van der Waals surface area contributed by atoms with E-state index in [9.17, 15) is 9.90 Å². The Kier molecular flexibility index (Phi) is 6.91. The van der Waals surface area contributed by atoms with Gasteiger partial charge in [0.15, 0.2) is 0 Å². The van der Waals surface area contributed by atoms with E-state index in [-0.39, 0.29) is 24.6 Å². The Morgan fingerprint density at radius 2 is 2.00 bits per heavy atom. The smallest absolute Gasteiger partial charge is 0.317 e. The van der Waals surface area contributed by atoms with Crippen molar-refractivity contribution in [1.29, 1.82) is 0 Å². The predicted molar refractivity (Wildman–Crippen MR) is 95.4 cm³/mol. The first-order chi connectivity index (χ1) is 11.6. The van der Waals surface area contributed by atoms with Crippen LogP contribution in [0, 0.1) is 5.92 Å². The number of nitrogens with zero attached hydrogens (tertiary/aromatic N) is 1. The minimum Gasteiger partial charge on any atom is -0.496 e. The van der Waals surface area contributed by atoms with Gasteiger partial charge in [0.25, 0.3) is 0 Å². The lowest BCUT2D eigenvalue weighted by Gasteiger charge is -2.34. The fourth-order valence-corrected chi connectivity index (χ4v) is 3.43. The van der Waals surface area contributed by atoms with E-state index < -0.39 is 0 Å². The molecule has 1 aliphatic rings. The summed E-state index contributed by atoms with van der Waals surface area (Å²) < 4.78 is 5.39. The average molecular weight is 334 g/mol. The van der Waals surface area contributed by atoms with Crippen molar-refractivity contribution in [3.05, 3.63) is 29.8 Å². The minimum absolute atomic E-state index is 0.0239. The Labute approximate surface area is 145 Å². The Hall–Kier alpha value is -1.75. The molecular formula is C19H30N2O3.